The summed E-state index contributed by atoms with van der Waals surface area (Å²) in [4.78, 5) is 14.7. The fourth-order valence-corrected chi connectivity index (χ4v) is 2.47. The largest absolute Gasteiger partial charge is 0.339 e. The van der Waals surface area contributed by atoms with Gasteiger partial charge in [-0.3, -0.25) is 4.79 Å². The molecule has 0 bridgehead atoms. The van der Waals surface area contributed by atoms with E-state index in [2.05, 4.69) is 25.7 Å². The predicted molar refractivity (Wildman–Crippen MR) is 71.7 cm³/mol. The highest BCUT2D eigenvalue weighted by Crippen LogP contribution is 2.29. The number of hydrogen-bond acceptors (Lipinski definition) is 2. The fourth-order valence-electron chi connectivity index (χ4n) is 2.47. The summed E-state index contributed by atoms with van der Waals surface area (Å²) in [5, 5.41) is 0. The van der Waals surface area contributed by atoms with Gasteiger partial charge in [-0.1, -0.05) is 33.6 Å². The Kier molecular flexibility index (Phi) is 5.44. The Balaban J connectivity index is 2.70. The topological polar surface area (TPSA) is 46.3 Å². The molecule has 0 aliphatic heterocycles. The molecule has 3 heteroatoms. The molecule has 0 saturated heterocycles. The number of carbonyl (C=O) groups is 1. The van der Waals surface area contributed by atoms with E-state index < -0.39 is 0 Å². The monoisotopic (exact) mass is 240 g/mol. The average molecular weight is 240 g/mol. The third-order valence-electron chi connectivity index (χ3n) is 4.09. The lowest BCUT2D eigenvalue weighted by atomic mass is 9.87. The Morgan fingerprint density at radius 3 is 2.41 bits per heavy atom. The van der Waals surface area contributed by atoms with Crippen LogP contribution in [-0.4, -0.2) is 29.9 Å². The first-order chi connectivity index (χ1) is 8.03. The normalized spacial score (nSPS) is 17.4. The van der Waals surface area contributed by atoms with Gasteiger partial charge in [0.1, 0.15) is 0 Å². The molecule has 0 aromatic carbocycles. The van der Waals surface area contributed by atoms with Gasteiger partial charge in [0.15, 0.2) is 0 Å². The first-order valence-electron chi connectivity index (χ1n) is 7.04. The molecule has 0 radical (unpaired) electrons. The van der Waals surface area contributed by atoms with E-state index >= 15 is 0 Å². The van der Waals surface area contributed by atoms with Crippen LogP contribution >= 0.6 is 0 Å². The maximum Gasteiger partial charge on any atom is 0.228 e. The highest BCUT2D eigenvalue weighted by molar-refractivity contribution is 5.82. The highest BCUT2D eigenvalue weighted by atomic mass is 16.2. The zero-order valence-corrected chi connectivity index (χ0v) is 11.7. The Morgan fingerprint density at radius 1 is 1.35 bits per heavy atom. The maximum atomic E-state index is 12.6. The predicted octanol–water partition coefficient (Wildman–Crippen LogP) is 2.54. The summed E-state index contributed by atoms with van der Waals surface area (Å²) in [6.07, 6.45) is 6.71. The van der Waals surface area contributed by atoms with Gasteiger partial charge in [0.25, 0.3) is 0 Å². The number of rotatable bonds is 6. The molecule has 1 saturated carbocycles. The van der Waals surface area contributed by atoms with Gasteiger partial charge in [-0.25, -0.2) is 0 Å². The van der Waals surface area contributed by atoms with Crippen molar-refractivity contribution in [3.8, 4) is 0 Å². The van der Waals surface area contributed by atoms with Crippen LogP contribution in [0.5, 0.6) is 0 Å². The van der Waals surface area contributed by atoms with Crippen LogP contribution in [0.25, 0.3) is 0 Å². The molecule has 1 rings (SSSR count). The SMILES string of the molecule is CCC(C)(C)C(=O)N(CCCN)C1CCCC1. The molecule has 100 valence electrons. The van der Waals surface area contributed by atoms with Crippen LogP contribution in [0.15, 0.2) is 0 Å². The molecule has 1 fully saturated rings. The van der Waals surface area contributed by atoms with Crippen molar-refractivity contribution < 1.29 is 4.79 Å². The van der Waals surface area contributed by atoms with Crippen molar-refractivity contribution in [3.63, 3.8) is 0 Å². The zero-order valence-electron chi connectivity index (χ0n) is 11.7. The quantitative estimate of drug-likeness (QED) is 0.775. The molecule has 0 unspecified atom stereocenters. The lowest BCUT2D eigenvalue weighted by Gasteiger charge is -2.35. The molecule has 0 aromatic rings. The highest BCUT2D eigenvalue weighted by Gasteiger charge is 2.34. The molecular formula is C14H28N2O. The number of amides is 1. The van der Waals surface area contributed by atoms with Gasteiger partial charge in [0, 0.05) is 18.0 Å². The van der Waals surface area contributed by atoms with E-state index in [9.17, 15) is 4.79 Å². The summed E-state index contributed by atoms with van der Waals surface area (Å²) < 4.78 is 0. The fraction of sp³-hybridized carbons (Fsp3) is 0.929. The second-order valence-corrected chi connectivity index (χ2v) is 5.82. The molecule has 2 N–H and O–H groups in total. The third kappa shape index (κ3) is 3.70. The number of carbonyl (C=O) groups excluding carboxylic acids is 1. The van der Waals surface area contributed by atoms with E-state index in [0.717, 1.165) is 19.4 Å². The van der Waals surface area contributed by atoms with E-state index in [4.69, 9.17) is 5.73 Å². The molecule has 0 aromatic heterocycles. The van der Waals surface area contributed by atoms with Gasteiger partial charge in [0.2, 0.25) is 5.91 Å². The second kappa shape index (κ2) is 6.39. The lowest BCUT2D eigenvalue weighted by molar-refractivity contribution is -0.143. The first-order valence-corrected chi connectivity index (χ1v) is 7.04. The van der Waals surface area contributed by atoms with Crippen LogP contribution in [0.1, 0.15) is 59.3 Å². The van der Waals surface area contributed by atoms with Gasteiger partial charge in [0.05, 0.1) is 0 Å². The molecule has 1 amide bonds. The Hall–Kier alpha value is -0.570. The van der Waals surface area contributed by atoms with Crippen molar-refractivity contribution in [1.29, 1.82) is 0 Å². The first kappa shape index (κ1) is 14.5. The maximum absolute atomic E-state index is 12.6. The van der Waals surface area contributed by atoms with Gasteiger partial charge in [-0.2, -0.15) is 0 Å². The molecule has 0 heterocycles. The summed E-state index contributed by atoms with van der Waals surface area (Å²) in [6, 6.07) is 0.472. The summed E-state index contributed by atoms with van der Waals surface area (Å²) in [5.41, 5.74) is 5.35. The minimum atomic E-state index is -0.225. The van der Waals surface area contributed by atoms with E-state index in [-0.39, 0.29) is 5.41 Å². The third-order valence-corrected chi connectivity index (χ3v) is 4.09. The molecule has 0 spiro atoms. The van der Waals surface area contributed by atoms with Crippen LogP contribution in [0.3, 0.4) is 0 Å². The Morgan fingerprint density at radius 2 is 1.94 bits per heavy atom. The summed E-state index contributed by atoms with van der Waals surface area (Å²) in [5.74, 6) is 0.320. The molecule has 17 heavy (non-hydrogen) atoms. The van der Waals surface area contributed by atoms with Crippen molar-refractivity contribution in [1.82, 2.24) is 4.90 Å². The molecule has 0 atom stereocenters. The van der Waals surface area contributed by atoms with Crippen LogP contribution in [-0.2, 0) is 4.79 Å². The molecule has 3 nitrogen and oxygen atoms in total. The van der Waals surface area contributed by atoms with Crippen LogP contribution in [0, 0.1) is 5.41 Å². The van der Waals surface area contributed by atoms with Crippen LogP contribution in [0.4, 0.5) is 0 Å². The smallest absolute Gasteiger partial charge is 0.228 e. The number of nitrogens with zero attached hydrogens (tertiary/aromatic N) is 1. The number of nitrogens with two attached hydrogens (primary N) is 1. The van der Waals surface area contributed by atoms with Crippen molar-refractivity contribution in [2.75, 3.05) is 13.1 Å². The average Bonchev–Trinajstić information content (AvgIpc) is 2.83. The Bertz CT molecular complexity index is 245. The standard InChI is InChI=1S/C14H28N2O/c1-4-14(2,3)13(17)16(11-7-10-15)12-8-5-6-9-12/h12H,4-11,15H2,1-3H3. The van der Waals surface area contributed by atoms with Crippen LogP contribution < -0.4 is 5.73 Å². The van der Waals surface area contributed by atoms with Crippen molar-refractivity contribution >= 4 is 5.91 Å². The van der Waals surface area contributed by atoms with Gasteiger partial charge in [-0.15, -0.1) is 0 Å². The molecular weight excluding hydrogens is 212 g/mol. The van der Waals surface area contributed by atoms with Gasteiger partial charge in [-0.05, 0) is 32.2 Å². The van der Waals surface area contributed by atoms with E-state index in [1.54, 1.807) is 0 Å². The second-order valence-electron chi connectivity index (χ2n) is 5.82. The van der Waals surface area contributed by atoms with Crippen molar-refractivity contribution in [2.24, 2.45) is 11.1 Å². The van der Waals surface area contributed by atoms with E-state index in [0.29, 0.717) is 18.5 Å². The van der Waals surface area contributed by atoms with E-state index in [1.807, 2.05) is 0 Å². The van der Waals surface area contributed by atoms with Gasteiger partial charge >= 0.3 is 0 Å². The Labute approximate surface area is 106 Å². The minimum absolute atomic E-state index is 0.225. The molecule has 1 aliphatic carbocycles. The summed E-state index contributed by atoms with van der Waals surface area (Å²) in [7, 11) is 0. The zero-order chi connectivity index (χ0) is 12.9. The molecule has 1 aliphatic rings. The number of hydrogen-bond donors (Lipinski definition) is 1. The lowest BCUT2D eigenvalue weighted by Crippen LogP contribution is -2.46. The van der Waals surface area contributed by atoms with E-state index in [1.165, 1.54) is 25.7 Å². The van der Waals surface area contributed by atoms with Crippen molar-refractivity contribution in [2.45, 2.75) is 65.3 Å². The van der Waals surface area contributed by atoms with Gasteiger partial charge < -0.3 is 10.6 Å². The summed E-state index contributed by atoms with van der Waals surface area (Å²) >= 11 is 0. The minimum Gasteiger partial charge on any atom is -0.339 e. The van der Waals surface area contributed by atoms with Crippen molar-refractivity contribution in [3.05, 3.63) is 0 Å². The van der Waals surface area contributed by atoms with Crippen LogP contribution in [0.2, 0.25) is 0 Å². The summed E-state index contributed by atoms with van der Waals surface area (Å²) in [6.45, 7) is 7.71.